The second-order valence-electron chi connectivity index (χ2n) is 8.12. The number of rotatable bonds is 5. The largest absolute Gasteiger partial charge is 0.369 e. The van der Waals surface area contributed by atoms with Gasteiger partial charge in [-0.05, 0) is 43.0 Å². The van der Waals surface area contributed by atoms with Crippen LogP contribution in [0, 0.1) is 0 Å². The van der Waals surface area contributed by atoms with Crippen LogP contribution in [0.25, 0.3) is 0 Å². The molecule has 0 N–H and O–H groups in total. The van der Waals surface area contributed by atoms with Crippen LogP contribution < -0.4 is 4.90 Å². The molecule has 2 aromatic carbocycles. The van der Waals surface area contributed by atoms with Gasteiger partial charge in [-0.2, -0.15) is 0 Å². The molecule has 0 radical (unpaired) electrons. The Hall–Kier alpha value is -2.04. The molecule has 0 spiro atoms. The average Bonchev–Trinajstić information content (AvgIpc) is 2.78. The van der Waals surface area contributed by atoms with Gasteiger partial charge in [-0.25, -0.2) is 0 Å². The Morgan fingerprint density at radius 3 is 2.52 bits per heavy atom. The minimum absolute atomic E-state index is 0.302. The molecule has 154 valence electrons. The van der Waals surface area contributed by atoms with Crippen LogP contribution in [0.5, 0.6) is 0 Å². The maximum absolute atomic E-state index is 12.8. The Balaban J connectivity index is 1.27. The number of likely N-dealkylation sites (tertiary alicyclic amines) is 1. The summed E-state index contributed by atoms with van der Waals surface area (Å²) in [5, 5.41) is 0.793. The summed E-state index contributed by atoms with van der Waals surface area (Å²) in [6.07, 6.45) is 3.74. The highest BCUT2D eigenvalue weighted by atomic mass is 35.5. The molecule has 5 heteroatoms. The van der Waals surface area contributed by atoms with Gasteiger partial charge in [0.15, 0.2) is 0 Å². The van der Waals surface area contributed by atoms with Gasteiger partial charge in [0.2, 0.25) is 5.91 Å². The number of anilines is 1. The van der Waals surface area contributed by atoms with Crippen molar-refractivity contribution in [1.82, 2.24) is 9.80 Å². The number of piperazine rings is 1. The third-order valence-electron chi connectivity index (χ3n) is 6.22. The van der Waals surface area contributed by atoms with Crippen LogP contribution >= 0.6 is 11.6 Å². The first kappa shape index (κ1) is 20.2. The normalized spacial score (nSPS) is 20.7. The van der Waals surface area contributed by atoms with E-state index in [9.17, 15) is 4.79 Å². The monoisotopic (exact) mass is 411 g/mol. The molecule has 4 rings (SSSR count). The molecule has 0 unspecified atom stereocenters. The third-order valence-corrected chi connectivity index (χ3v) is 6.46. The van der Waals surface area contributed by atoms with Crippen LogP contribution in [0.3, 0.4) is 0 Å². The van der Waals surface area contributed by atoms with Crippen LogP contribution in [-0.2, 0) is 11.2 Å². The highest BCUT2D eigenvalue weighted by Crippen LogP contribution is 2.23. The van der Waals surface area contributed by atoms with E-state index in [0.29, 0.717) is 18.4 Å². The molecule has 1 atom stereocenters. The molecule has 2 aromatic rings. The fourth-order valence-electron chi connectivity index (χ4n) is 4.55. The first-order chi connectivity index (χ1) is 14.2. The summed E-state index contributed by atoms with van der Waals surface area (Å²) in [6.45, 7) is 5.90. The average molecular weight is 412 g/mol. The summed E-state index contributed by atoms with van der Waals surface area (Å²) >= 11 is 6.15. The smallest absolute Gasteiger partial charge is 0.222 e. The maximum Gasteiger partial charge on any atom is 0.222 e. The van der Waals surface area contributed by atoms with Gasteiger partial charge in [-0.3, -0.25) is 9.69 Å². The predicted octanol–water partition coefficient (Wildman–Crippen LogP) is 4.09. The molecular weight excluding hydrogens is 382 g/mol. The van der Waals surface area contributed by atoms with E-state index in [2.05, 4.69) is 32.9 Å². The zero-order chi connectivity index (χ0) is 20.1. The summed E-state index contributed by atoms with van der Waals surface area (Å²) in [5.41, 5.74) is 2.45. The molecule has 0 bridgehead atoms. The van der Waals surface area contributed by atoms with Crippen molar-refractivity contribution in [3.63, 3.8) is 0 Å². The van der Waals surface area contributed by atoms with Crippen molar-refractivity contribution in [2.75, 3.05) is 44.2 Å². The van der Waals surface area contributed by atoms with Crippen molar-refractivity contribution in [2.45, 2.75) is 31.7 Å². The van der Waals surface area contributed by atoms with Gasteiger partial charge in [0.25, 0.3) is 0 Å². The van der Waals surface area contributed by atoms with Gasteiger partial charge in [-0.15, -0.1) is 0 Å². The summed E-state index contributed by atoms with van der Waals surface area (Å²) < 4.78 is 0. The molecule has 4 nitrogen and oxygen atoms in total. The molecule has 0 saturated carbocycles. The van der Waals surface area contributed by atoms with E-state index in [0.717, 1.165) is 57.1 Å². The standard InChI is InChI=1S/C24H30ClN3O/c25-21-8-4-9-22(18-21)26-14-16-27(17-15-26)23-10-5-13-28(19-23)24(29)12-11-20-6-2-1-3-7-20/h1-4,6-9,18,23H,5,10-17,19H2/t23-/m0/s1. The van der Waals surface area contributed by atoms with Crippen molar-refractivity contribution in [3.8, 4) is 0 Å². The number of carbonyl (C=O) groups is 1. The van der Waals surface area contributed by atoms with E-state index in [-0.39, 0.29) is 0 Å². The van der Waals surface area contributed by atoms with Crippen LogP contribution in [0.4, 0.5) is 5.69 Å². The Kier molecular flexibility index (Phi) is 6.73. The van der Waals surface area contributed by atoms with Crippen LogP contribution in [-0.4, -0.2) is 61.0 Å². The molecule has 2 heterocycles. The van der Waals surface area contributed by atoms with E-state index in [1.165, 1.54) is 17.7 Å². The minimum Gasteiger partial charge on any atom is -0.369 e. The second kappa shape index (κ2) is 9.64. The number of hydrogen-bond acceptors (Lipinski definition) is 3. The number of benzene rings is 2. The van der Waals surface area contributed by atoms with Gasteiger partial charge in [-0.1, -0.05) is 48.0 Å². The Bertz CT molecular complexity index is 805. The lowest BCUT2D eigenvalue weighted by Crippen LogP contribution is -2.55. The maximum atomic E-state index is 12.8. The molecule has 2 aliphatic heterocycles. The summed E-state index contributed by atoms with van der Waals surface area (Å²) in [7, 11) is 0. The van der Waals surface area contributed by atoms with Crippen molar-refractivity contribution in [2.24, 2.45) is 0 Å². The van der Waals surface area contributed by atoms with Crippen LogP contribution in [0.2, 0.25) is 5.02 Å². The molecule has 2 saturated heterocycles. The quantitative estimate of drug-likeness (QED) is 0.741. The fraction of sp³-hybridized carbons (Fsp3) is 0.458. The Labute approximate surface area is 179 Å². The van der Waals surface area contributed by atoms with E-state index >= 15 is 0 Å². The van der Waals surface area contributed by atoms with Crippen molar-refractivity contribution >= 4 is 23.2 Å². The van der Waals surface area contributed by atoms with E-state index in [1.807, 2.05) is 36.4 Å². The second-order valence-corrected chi connectivity index (χ2v) is 8.56. The first-order valence-corrected chi connectivity index (χ1v) is 11.1. The fourth-order valence-corrected chi connectivity index (χ4v) is 4.74. The molecule has 29 heavy (non-hydrogen) atoms. The number of hydrogen-bond donors (Lipinski definition) is 0. The number of piperidine rings is 1. The highest BCUT2D eigenvalue weighted by molar-refractivity contribution is 6.30. The van der Waals surface area contributed by atoms with Gasteiger partial charge in [0.05, 0.1) is 0 Å². The molecule has 2 aliphatic rings. The lowest BCUT2D eigenvalue weighted by Gasteiger charge is -2.44. The Morgan fingerprint density at radius 2 is 1.76 bits per heavy atom. The predicted molar refractivity (Wildman–Crippen MR) is 120 cm³/mol. The zero-order valence-corrected chi connectivity index (χ0v) is 17.7. The number of carbonyl (C=O) groups excluding carboxylic acids is 1. The molecular formula is C24H30ClN3O. The van der Waals surface area contributed by atoms with Gasteiger partial charge >= 0.3 is 0 Å². The third kappa shape index (κ3) is 5.31. The van der Waals surface area contributed by atoms with E-state index in [4.69, 9.17) is 11.6 Å². The van der Waals surface area contributed by atoms with E-state index < -0.39 is 0 Å². The van der Waals surface area contributed by atoms with E-state index in [1.54, 1.807) is 0 Å². The summed E-state index contributed by atoms with van der Waals surface area (Å²) in [4.78, 5) is 19.8. The van der Waals surface area contributed by atoms with Crippen molar-refractivity contribution in [3.05, 3.63) is 65.2 Å². The summed E-state index contributed by atoms with van der Waals surface area (Å²) in [6, 6.07) is 18.9. The topological polar surface area (TPSA) is 26.8 Å². The summed E-state index contributed by atoms with van der Waals surface area (Å²) in [5.74, 6) is 0.302. The number of aryl methyl sites for hydroxylation is 1. The van der Waals surface area contributed by atoms with Crippen LogP contribution in [0.15, 0.2) is 54.6 Å². The van der Waals surface area contributed by atoms with Gasteiger partial charge < -0.3 is 9.80 Å². The first-order valence-electron chi connectivity index (χ1n) is 10.8. The molecule has 0 aliphatic carbocycles. The molecule has 0 aromatic heterocycles. The number of amides is 1. The zero-order valence-electron chi connectivity index (χ0n) is 17.0. The van der Waals surface area contributed by atoms with Crippen molar-refractivity contribution in [1.29, 1.82) is 0 Å². The molecule has 2 fully saturated rings. The van der Waals surface area contributed by atoms with Gasteiger partial charge in [0, 0.05) is 62.4 Å². The Morgan fingerprint density at radius 1 is 0.966 bits per heavy atom. The molecule has 1 amide bonds. The lowest BCUT2D eigenvalue weighted by atomic mass is 10.0. The number of halogens is 1. The van der Waals surface area contributed by atoms with Crippen LogP contribution in [0.1, 0.15) is 24.8 Å². The van der Waals surface area contributed by atoms with Gasteiger partial charge in [0.1, 0.15) is 0 Å². The number of nitrogens with zero attached hydrogens (tertiary/aromatic N) is 3. The van der Waals surface area contributed by atoms with Crippen molar-refractivity contribution < 1.29 is 4.79 Å². The SMILES string of the molecule is O=C(CCc1ccccc1)N1CCC[C@H](N2CCN(c3cccc(Cl)c3)CC2)C1. The lowest BCUT2D eigenvalue weighted by molar-refractivity contribution is -0.133. The highest BCUT2D eigenvalue weighted by Gasteiger charge is 2.29. The minimum atomic E-state index is 0.302.